The largest absolute Gasteiger partial charge is 0.481 e. The number of carboxylic acid groups (broad SMARTS) is 1. The highest BCUT2D eigenvalue weighted by Crippen LogP contribution is 2.12. The Morgan fingerprint density at radius 3 is 3.00 bits per heavy atom. The first-order valence-electron chi connectivity index (χ1n) is 5.89. The van der Waals surface area contributed by atoms with Gasteiger partial charge in [-0.3, -0.25) is 9.59 Å². The Bertz CT molecular complexity index is 440. The zero-order valence-corrected chi connectivity index (χ0v) is 9.95. The van der Waals surface area contributed by atoms with E-state index in [2.05, 4.69) is 5.10 Å². The normalized spacial score (nSPS) is 17.8. The minimum Gasteiger partial charge on any atom is -0.481 e. The van der Waals surface area contributed by atoms with Crippen LogP contribution in [-0.4, -0.2) is 45.8 Å². The van der Waals surface area contributed by atoms with Crippen molar-refractivity contribution in [2.45, 2.75) is 19.3 Å². The standard InChI is InChI=1S/C12H15N3O3/c16-11-9-14-7-3-1-5-10(14)13-15(11)8-4-2-6-12(17)18/h1,3,5,7H,2,4,6,8-9H2,(H,17,18). The van der Waals surface area contributed by atoms with Crippen LogP contribution < -0.4 is 0 Å². The van der Waals surface area contributed by atoms with Gasteiger partial charge in [-0.2, -0.15) is 5.10 Å². The fourth-order valence-corrected chi connectivity index (χ4v) is 1.81. The zero-order chi connectivity index (χ0) is 13.0. The molecule has 0 aromatic heterocycles. The number of hydrazone groups is 1. The van der Waals surface area contributed by atoms with Crippen LogP contribution in [0.2, 0.25) is 0 Å². The SMILES string of the molecule is O=C(O)CCCCN1N=C2C=CC=CN2CC1=O. The Morgan fingerprint density at radius 2 is 2.22 bits per heavy atom. The van der Waals surface area contributed by atoms with Gasteiger partial charge >= 0.3 is 5.97 Å². The van der Waals surface area contributed by atoms with Crippen LogP contribution in [0.25, 0.3) is 0 Å². The number of carboxylic acids is 1. The van der Waals surface area contributed by atoms with Gasteiger partial charge in [0.25, 0.3) is 5.91 Å². The van der Waals surface area contributed by atoms with Gasteiger partial charge in [-0.15, -0.1) is 0 Å². The van der Waals surface area contributed by atoms with Crippen LogP contribution >= 0.6 is 0 Å². The van der Waals surface area contributed by atoms with E-state index < -0.39 is 5.97 Å². The van der Waals surface area contributed by atoms with Crippen molar-refractivity contribution in [1.29, 1.82) is 0 Å². The fourth-order valence-electron chi connectivity index (χ4n) is 1.81. The van der Waals surface area contributed by atoms with Gasteiger partial charge in [0.05, 0.1) is 0 Å². The highest BCUT2D eigenvalue weighted by molar-refractivity contribution is 6.00. The van der Waals surface area contributed by atoms with Crippen LogP contribution in [0, 0.1) is 0 Å². The summed E-state index contributed by atoms with van der Waals surface area (Å²) >= 11 is 0. The monoisotopic (exact) mass is 249 g/mol. The van der Waals surface area contributed by atoms with Crippen molar-refractivity contribution in [3.63, 3.8) is 0 Å². The average Bonchev–Trinajstić information content (AvgIpc) is 2.34. The molecule has 0 saturated carbocycles. The molecule has 96 valence electrons. The molecular weight excluding hydrogens is 234 g/mol. The highest BCUT2D eigenvalue weighted by atomic mass is 16.4. The summed E-state index contributed by atoms with van der Waals surface area (Å²) in [6.07, 6.45) is 8.73. The van der Waals surface area contributed by atoms with E-state index in [9.17, 15) is 9.59 Å². The van der Waals surface area contributed by atoms with E-state index in [1.807, 2.05) is 24.4 Å². The molecule has 6 heteroatoms. The molecule has 1 amide bonds. The first kappa shape index (κ1) is 12.3. The number of carbonyl (C=O) groups excluding carboxylic acids is 1. The Morgan fingerprint density at radius 1 is 1.39 bits per heavy atom. The molecule has 0 bridgehead atoms. The zero-order valence-electron chi connectivity index (χ0n) is 9.95. The maximum atomic E-state index is 11.8. The molecule has 0 atom stereocenters. The Balaban J connectivity index is 1.89. The molecule has 2 aliphatic heterocycles. The number of rotatable bonds is 5. The van der Waals surface area contributed by atoms with Crippen molar-refractivity contribution in [2.75, 3.05) is 13.1 Å². The summed E-state index contributed by atoms with van der Waals surface area (Å²) in [6.45, 7) is 0.764. The van der Waals surface area contributed by atoms with E-state index in [0.29, 0.717) is 25.9 Å². The minimum absolute atomic E-state index is 0.0611. The third kappa shape index (κ3) is 2.97. The lowest BCUT2D eigenvalue weighted by molar-refractivity contribution is -0.137. The first-order chi connectivity index (χ1) is 8.66. The topological polar surface area (TPSA) is 73.2 Å². The van der Waals surface area contributed by atoms with Crippen LogP contribution in [0.1, 0.15) is 19.3 Å². The van der Waals surface area contributed by atoms with Crippen molar-refractivity contribution in [3.8, 4) is 0 Å². The second-order valence-electron chi connectivity index (χ2n) is 4.15. The third-order valence-corrected chi connectivity index (χ3v) is 2.74. The Labute approximate surface area is 105 Å². The average molecular weight is 249 g/mol. The number of amides is 1. The van der Waals surface area contributed by atoms with Gasteiger partial charge in [0.1, 0.15) is 6.54 Å². The van der Waals surface area contributed by atoms with E-state index in [4.69, 9.17) is 5.11 Å². The van der Waals surface area contributed by atoms with Crippen LogP contribution in [0.3, 0.4) is 0 Å². The van der Waals surface area contributed by atoms with Gasteiger partial charge < -0.3 is 10.0 Å². The van der Waals surface area contributed by atoms with E-state index in [1.54, 1.807) is 4.90 Å². The first-order valence-corrected chi connectivity index (χ1v) is 5.89. The van der Waals surface area contributed by atoms with Gasteiger partial charge in [-0.25, -0.2) is 5.01 Å². The molecular formula is C12H15N3O3. The number of hydrogen-bond acceptors (Lipinski definition) is 4. The maximum absolute atomic E-state index is 11.8. The van der Waals surface area contributed by atoms with Crippen molar-refractivity contribution in [2.24, 2.45) is 5.10 Å². The summed E-state index contributed by atoms with van der Waals surface area (Å²) in [4.78, 5) is 23.9. The number of aliphatic carboxylic acids is 1. The Hall–Kier alpha value is -2.11. The van der Waals surface area contributed by atoms with Gasteiger partial charge in [0, 0.05) is 19.2 Å². The third-order valence-electron chi connectivity index (χ3n) is 2.74. The molecule has 0 aliphatic carbocycles. The summed E-state index contributed by atoms with van der Waals surface area (Å²) in [6, 6.07) is 0. The van der Waals surface area contributed by atoms with Gasteiger partial charge in [-0.05, 0) is 25.0 Å². The van der Waals surface area contributed by atoms with E-state index in [1.165, 1.54) is 5.01 Å². The number of hydrogen-bond donors (Lipinski definition) is 1. The summed E-state index contributed by atoms with van der Waals surface area (Å²) in [5.41, 5.74) is 0. The van der Waals surface area contributed by atoms with Crippen molar-refractivity contribution >= 4 is 17.7 Å². The van der Waals surface area contributed by atoms with Crippen LogP contribution in [-0.2, 0) is 9.59 Å². The summed E-state index contributed by atoms with van der Waals surface area (Å²) in [7, 11) is 0. The lowest BCUT2D eigenvalue weighted by Crippen LogP contribution is -2.45. The minimum atomic E-state index is -0.808. The quantitative estimate of drug-likeness (QED) is 0.731. The second-order valence-corrected chi connectivity index (χ2v) is 4.15. The molecule has 0 aromatic carbocycles. The number of unbranched alkanes of at least 4 members (excludes halogenated alkanes) is 1. The molecule has 0 unspecified atom stereocenters. The number of carbonyl (C=O) groups is 2. The predicted molar refractivity (Wildman–Crippen MR) is 65.6 cm³/mol. The summed E-state index contributed by atoms with van der Waals surface area (Å²) < 4.78 is 0. The molecule has 2 aliphatic rings. The molecule has 1 N–H and O–H groups in total. The van der Waals surface area contributed by atoms with Crippen molar-refractivity contribution in [3.05, 3.63) is 24.4 Å². The molecule has 2 heterocycles. The van der Waals surface area contributed by atoms with Crippen LogP contribution in [0.5, 0.6) is 0 Å². The van der Waals surface area contributed by atoms with Crippen molar-refractivity contribution in [1.82, 2.24) is 9.91 Å². The smallest absolute Gasteiger partial charge is 0.303 e. The van der Waals surface area contributed by atoms with E-state index in [-0.39, 0.29) is 12.3 Å². The predicted octanol–water partition coefficient (Wildman–Crippen LogP) is 0.783. The number of amidine groups is 1. The maximum Gasteiger partial charge on any atom is 0.303 e. The van der Waals surface area contributed by atoms with E-state index in [0.717, 1.165) is 5.84 Å². The molecule has 6 nitrogen and oxygen atoms in total. The number of allylic oxidation sites excluding steroid dienone is 2. The van der Waals surface area contributed by atoms with E-state index >= 15 is 0 Å². The second kappa shape index (κ2) is 5.48. The van der Waals surface area contributed by atoms with Crippen LogP contribution in [0.4, 0.5) is 0 Å². The number of fused-ring (bicyclic) bond motifs is 1. The lowest BCUT2D eigenvalue weighted by Gasteiger charge is -2.30. The highest BCUT2D eigenvalue weighted by Gasteiger charge is 2.24. The van der Waals surface area contributed by atoms with Gasteiger partial charge in [-0.1, -0.05) is 6.08 Å². The van der Waals surface area contributed by atoms with Gasteiger partial charge in [0.2, 0.25) is 0 Å². The molecule has 0 spiro atoms. The number of nitrogens with zero attached hydrogens (tertiary/aromatic N) is 3. The van der Waals surface area contributed by atoms with Crippen LogP contribution in [0.15, 0.2) is 29.5 Å². The fraction of sp³-hybridized carbons (Fsp3) is 0.417. The molecule has 0 radical (unpaired) electrons. The lowest BCUT2D eigenvalue weighted by atomic mass is 10.2. The molecule has 18 heavy (non-hydrogen) atoms. The molecule has 0 saturated heterocycles. The molecule has 2 rings (SSSR count). The molecule has 0 aromatic rings. The Kier molecular flexibility index (Phi) is 3.76. The molecule has 0 fully saturated rings. The van der Waals surface area contributed by atoms with Gasteiger partial charge in [0.15, 0.2) is 5.84 Å². The summed E-state index contributed by atoms with van der Waals surface area (Å²) in [5, 5.41) is 14.2. The summed E-state index contributed by atoms with van der Waals surface area (Å²) in [5.74, 6) is -0.123. The van der Waals surface area contributed by atoms with Crippen molar-refractivity contribution < 1.29 is 14.7 Å².